The highest BCUT2D eigenvalue weighted by Crippen LogP contribution is 2.35. The van der Waals surface area contributed by atoms with Crippen LogP contribution in [-0.2, 0) is 41.4 Å². The SMILES string of the molecule is COC(=O)c1cc(C(=O)OC)cc(S(=O)(=O)[O-])c1.Clc1ccc([S+](c2ccc(Cl)cc2)c2ccc(Cl)cc2)cc1.Clc1ccc([S+](c2ccc(Cl)cc2)c2ccc(Cl)cc2)cc1.[Br-]. The molecule has 0 amide bonds. The summed E-state index contributed by atoms with van der Waals surface area (Å²) in [7, 11) is -3.06. The van der Waals surface area contributed by atoms with Gasteiger partial charge in [-0.15, -0.1) is 0 Å². The molecule has 0 radical (unpaired) electrons. The third kappa shape index (κ3) is 15.2. The number of hydrogen-bond donors (Lipinski definition) is 0. The van der Waals surface area contributed by atoms with Crippen molar-refractivity contribution in [2.45, 2.75) is 34.3 Å². The normalized spacial score (nSPS) is 10.7. The maximum atomic E-state index is 11.3. The molecule has 0 aliphatic heterocycles. The molecule has 63 heavy (non-hydrogen) atoms. The molecule has 0 N–H and O–H groups in total. The van der Waals surface area contributed by atoms with E-state index in [1.54, 1.807) is 0 Å². The highest BCUT2D eigenvalue weighted by atomic mass is 79.9. The van der Waals surface area contributed by atoms with Crippen LogP contribution in [0.25, 0.3) is 0 Å². The Labute approximate surface area is 412 Å². The van der Waals surface area contributed by atoms with Gasteiger partial charge in [0.2, 0.25) is 0 Å². The molecule has 0 heterocycles. The fourth-order valence-electron chi connectivity index (χ4n) is 5.46. The van der Waals surface area contributed by atoms with Crippen LogP contribution in [0.15, 0.2) is 198 Å². The monoisotopic (exact) mass is 1080 g/mol. The second-order valence-electron chi connectivity index (χ2n) is 12.5. The molecule has 326 valence electrons. The summed E-state index contributed by atoms with van der Waals surface area (Å²) in [5.41, 5.74) is -0.454. The minimum absolute atomic E-state index is 0. The zero-order valence-electron chi connectivity index (χ0n) is 32.8. The van der Waals surface area contributed by atoms with E-state index in [4.69, 9.17) is 69.6 Å². The Hall–Kier alpha value is -3.69. The molecule has 7 nitrogen and oxygen atoms in total. The molecule has 0 atom stereocenters. The first-order valence-corrected chi connectivity index (χ1v) is 24.0. The zero-order chi connectivity index (χ0) is 45.0. The summed E-state index contributed by atoms with van der Waals surface area (Å²) in [6, 6.07) is 50.5. The number of rotatable bonds is 9. The Morgan fingerprint density at radius 2 is 0.603 bits per heavy atom. The summed E-state index contributed by atoms with van der Waals surface area (Å²) < 4.78 is 41.5. The Bertz CT molecular complexity index is 2320. The van der Waals surface area contributed by atoms with Crippen LogP contribution in [0.3, 0.4) is 0 Å². The van der Waals surface area contributed by atoms with Crippen molar-refractivity contribution >= 4 is 113 Å². The summed E-state index contributed by atoms with van der Waals surface area (Å²) in [5, 5.41) is 4.41. The highest BCUT2D eigenvalue weighted by molar-refractivity contribution is 7.97. The van der Waals surface area contributed by atoms with E-state index in [0.29, 0.717) is 0 Å². The lowest BCUT2D eigenvalue weighted by Crippen LogP contribution is -3.00. The quantitative estimate of drug-likeness (QED) is 0.0804. The van der Waals surface area contributed by atoms with Gasteiger partial charge in [-0.1, -0.05) is 69.6 Å². The molecule has 0 aliphatic rings. The predicted molar refractivity (Wildman–Crippen MR) is 250 cm³/mol. The standard InChI is InChI=1S/2C18H12Cl3S.C10H10O7S.BrH/c2*19-13-1-7-16(8-2-13)22(17-9-3-14(20)4-10-17)18-11-5-15(21)6-12-18;1-16-9(11)6-3-7(10(12)17-2)5-8(4-6)18(13,14)15;/h2*1-12H;3-5H,1-2H3,(H,13,14,15);1H/q2*+1;;/p-2. The minimum atomic E-state index is -4.80. The molecule has 0 unspecified atom stereocenters. The number of hydrogen-bond acceptors (Lipinski definition) is 7. The molecule has 17 heteroatoms. The van der Waals surface area contributed by atoms with Crippen molar-refractivity contribution in [3.63, 3.8) is 0 Å². The van der Waals surface area contributed by atoms with Crippen LogP contribution in [0.2, 0.25) is 30.1 Å². The summed E-state index contributed by atoms with van der Waals surface area (Å²) in [5.74, 6) is -1.74. The van der Waals surface area contributed by atoms with E-state index in [9.17, 15) is 22.6 Å². The Balaban J connectivity index is 0.000000207. The van der Waals surface area contributed by atoms with Gasteiger partial charge in [0.15, 0.2) is 29.4 Å². The van der Waals surface area contributed by atoms with E-state index >= 15 is 0 Å². The smallest absolute Gasteiger partial charge is 0.337 e. The first-order valence-electron chi connectivity index (χ1n) is 17.9. The van der Waals surface area contributed by atoms with Crippen molar-refractivity contribution in [2.24, 2.45) is 0 Å². The van der Waals surface area contributed by atoms with Crippen molar-refractivity contribution in [1.82, 2.24) is 0 Å². The molecule has 0 bridgehead atoms. The number of methoxy groups -OCH3 is 2. The predicted octanol–water partition coefficient (Wildman–Crippen LogP) is 10.7. The van der Waals surface area contributed by atoms with Gasteiger partial charge in [-0.2, -0.15) is 0 Å². The van der Waals surface area contributed by atoms with Gasteiger partial charge in [0.05, 0.1) is 52.0 Å². The average molecular weight is 1090 g/mol. The zero-order valence-corrected chi connectivity index (χ0v) is 41.4. The number of ether oxygens (including phenoxy) is 2. The van der Waals surface area contributed by atoms with Gasteiger partial charge in [-0.3, -0.25) is 0 Å². The van der Waals surface area contributed by atoms with E-state index in [1.807, 2.05) is 72.8 Å². The maximum absolute atomic E-state index is 11.3. The molecule has 0 fully saturated rings. The summed E-state index contributed by atoms with van der Waals surface area (Å²) in [6.07, 6.45) is 0. The largest absolute Gasteiger partial charge is 1.00 e. The van der Waals surface area contributed by atoms with Crippen molar-refractivity contribution in [1.29, 1.82) is 0 Å². The lowest BCUT2D eigenvalue weighted by Gasteiger charge is -2.10. The lowest BCUT2D eigenvalue weighted by atomic mass is 10.1. The van der Waals surface area contributed by atoms with Crippen LogP contribution in [0, 0.1) is 0 Å². The van der Waals surface area contributed by atoms with Gasteiger partial charge >= 0.3 is 11.9 Å². The van der Waals surface area contributed by atoms with E-state index < -0.39 is 27.0 Å². The number of benzene rings is 7. The molecular formula is C46H33BrCl6O7S3. The molecule has 0 aromatic heterocycles. The Morgan fingerprint density at radius 1 is 0.413 bits per heavy atom. The first kappa shape index (κ1) is 51.9. The highest BCUT2D eigenvalue weighted by Gasteiger charge is 2.30. The molecular weight excluding hydrogens is 1050 g/mol. The fraction of sp³-hybridized carbons (Fsp3) is 0.0435. The number of esters is 2. The van der Waals surface area contributed by atoms with Crippen molar-refractivity contribution in [2.75, 3.05) is 14.2 Å². The summed E-state index contributed by atoms with van der Waals surface area (Å²) in [6.45, 7) is 0. The van der Waals surface area contributed by atoms with Crippen LogP contribution in [0.4, 0.5) is 0 Å². The Kier molecular flexibility index (Phi) is 20.2. The molecule has 7 rings (SSSR count). The van der Waals surface area contributed by atoms with E-state index in [1.165, 1.54) is 29.4 Å². The fourth-order valence-corrected chi connectivity index (χ4v) is 10.8. The van der Waals surface area contributed by atoms with Gasteiger partial charge in [0, 0.05) is 30.1 Å². The van der Waals surface area contributed by atoms with Crippen LogP contribution in [0.5, 0.6) is 0 Å². The van der Waals surface area contributed by atoms with Gasteiger partial charge in [0.1, 0.15) is 10.1 Å². The minimum Gasteiger partial charge on any atom is -1.00 e. The second kappa shape index (κ2) is 24.6. The molecule has 0 spiro atoms. The van der Waals surface area contributed by atoms with Crippen molar-refractivity contribution in [3.8, 4) is 0 Å². The van der Waals surface area contributed by atoms with E-state index in [-0.39, 0.29) is 49.9 Å². The molecule has 0 saturated heterocycles. The molecule has 0 aliphatic carbocycles. The van der Waals surface area contributed by atoms with Gasteiger partial charge in [-0.05, 0) is 164 Å². The number of carbonyl (C=O) groups is 2. The second-order valence-corrected chi connectivity index (χ2v) is 20.6. The lowest BCUT2D eigenvalue weighted by molar-refractivity contribution is -0.0000447. The Morgan fingerprint density at radius 3 is 0.762 bits per heavy atom. The summed E-state index contributed by atoms with van der Waals surface area (Å²) >= 11 is 36.1. The van der Waals surface area contributed by atoms with Gasteiger partial charge < -0.3 is 31.0 Å². The molecule has 7 aromatic carbocycles. The van der Waals surface area contributed by atoms with Crippen LogP contribution >= 0.6 is 69.6 Å². The van der Waals surface area contributed by atoms with Crippen LogP contribution in [-0.4, -0.2) is 39.1 Å². The molecule has 0 saturated carbocycles. The van der Waals surface area contributed by atoms with Crippen LogP contribution in [0.1, 0.15) is 20.7 Å². The average Bonchev–Trinajstić information content (AvgIpc) is 3.27. The maximum Gasteiger partial charge on any atom is 0.337 e. The third-order valence-electron chi connectivity index (χ3n) is 8.33. The van der Waals surface area contributed by atoms with Crippen LogP contribution < -0.4 is 17.0 Å². The van der Waals surface area contributed by atoms with Gasteiger partial charge in [0.25, 0.3) is 0 Å². The van der Waals surface area contributed by atoms with E-state index in [0.717, 1.165) is 62.6 Å². The molecule has 7 aromatic rings. The topological polar surface area (TPSA) is 110 Å². The van der Waals surface area contributed by atoms with E-state index in [2.05, 4.69) is 82.3 Å². The summed E-state index contributed by atoms with van der Waals surface area (Å²) in [4.78, 5) is 29.1. The third-order valence-corrected chi connectivity index (χ3v) is 15.1. The number of carbonyl (C=O) groups excluding carboxylic acids is 2. The van der Waals surface area contributed by atoms with Crippen molar-refractivity contribution < 1.29 is 49.0 Å². The van der Waals surface area contributed by atoms with Gasteiger partial charge in [-0.25, -0.2) is 18.0 Å². The first-order chi connectivity index (χ1) is 29.6. The van der Waals surface area contributed by atoms with Crippen molar-refractivity contribution in [3.05, 3.63) is 205 Å². The number of halogens is 7.